The fourth-order valence-electron chi connectivity index (χ4n) is 1.58. The van der Waals surface area contributed by atoms with E-state index < -0.39 is 23.6 Å². The van der Waals surface area contributed by atoms with E-state index in [9.17, 15) is 17.6 Å². The Balaban J connectivity index is 2.96. The highest BCUT2D eigenvalue weighted by Crippen LogP contribution is 2.33. The minimum absolute atomic E-state index is 0.326. The number of alkyl halides is 3. The molecule has 0 aromatic heterocycles. The summed E-state index contributed by atoms with van der Waals surface area (Å²) in [6.07, 6.45) is -2.33. The van der Waals surface area contributed by atoms with Gasteiger partial charge < -0.3 is 5.73 Å². The molecule has 1 atom stereocenters. The number of halogens is 4. The van der Waals surface area contributed by atoms with Gasteiger partial charge >= 0.3 is 6.18 Å². The molecule has 0 heterocycles. The SMILES string of the molecule is CCCCC(N)c1ccc(F)c(C(F)(F)F)c1. The summed E-state index contributed by atoms with van der Waals surface area (Å²) >= 11 is 0. The Kier molecular flexibility index (Phi) is 4.51. The summed E-state index contributed by atoms with van der Waals surface area (Å²) in [4.78, 5) is 0. The fourth-order valence-corrected chi connectivity index (χ4v) is 1.58. The average molecular weight is 249 g/mol. The van der Waals surface area contributed by atoms with E-state index in [1.165, 1.54) is 6.07 Å². The molecule has 0 radical (unpaired) electrons. The predicted octanol–water partition coefficient (Wildman–Crippen LogP) is 4.03. The van der Waals surface area contributed by atoms with E-state index in [0.29, 0.717) is 12.0 Å². The zero-order valence-corrected chi connectivity index (χ0v) is 9.52. The molecule has 96 valence electrons. The molecule has 0 bridgehead atoms. The maximum absolute atomic E-state index is 13.0. The Morgan fingerprint density at radius 3 is 2.47 bits per heavy atom. The Hall–Kier alpha value is -1.10. The molecule has 1 nitrogen and oxygen atoms in total. The molecule has 0 fully saturated rings. The third-order valence-corrected chi connectivity index (χ3v) is 2.59. The van der Waals surface area contributed by atoms with Gasteiger partial charge in [0.05, 0.1) is 5.56 Å². The van der Waals surface area contributed by atoms with Crippen molar-refractivity contribution in [1.82, 2.24) is 0 Å². The molecule has 1 rings (SSSR count). The van der Waals surface area contributed by atoms with E-state index in [-0.39, 0.29) is 0 Å². The molecule has 0 saturated heterocycles. The third kappa shape index (κ3) is 3.70. The van der Waals surface area contributed by atoms with Crippen LogP contribution in [-0.2, 0) is 6.18 Å². The monoisotopic (exact) mass is 249 g/mol. The highest BCUT2D eigenvalue weighted by molar-refractivity contribution is 5.29. The van der Waals surface area contributed by atoms with Crippen LogP contribution in [0.25, 0.3) is 0 Å². The van der Waals surface area contributed by atoms with Crippen LogP contribution in [0.15, 0.2) is 18.2 Å². The van der Waals surface area contributed by atoms with Crippen LogP contribution in [0.4, 0.5) is 17.6 Å². The van der Waals surface area contributed by atoms with Crippen LogP contribution in [-0.4, -0.2) is 0 Å². The number of hydrogen-bond acceptors (Lipinski definition) is 1. The summed E-state index contributed by atoms with van der Waals surface area (Å²) in [5.74, 6) is -1.26. The minimum Gasteiger partial charge on any atom is -0.324 e. The lowest BCUT2D eigenvalue weighted by Gasteiger charge is -2.14. The molecule has 0 amide bonds. The fraction of sp³-hybridized carbons (Fsp3) is 0.500. The maximum atomic E-state index is 13.0. The van der Waals surface area contributed by atoms with Gasteiger partial charge in [0, 0.05) is 6.04 Å². The van der Waals surface area contributed by atoms with Crippen LogP contribution in [0.3, 0.4) is 0 Å². The zero-order valence-electron chi connectivity index (χ0n) is 9.52. The Bertz CT molecular complexity index is 373. The van der Waals surface area contributed by atoms with Crippen molar-refractivity contribution in [2.24, 2.45) is 5.73 Å². The van der Waals surface area contributed by atoms with Crippen LogP contribution in [0.2, 0.25) is 0 Å². The Morgan fingerprint density at radius 2 is 1.94 bits per heavy atom. The molecular weight excluding hydrogens is 234 g/mol. The normalized spacial score (nSPS) is 13.8. The molecule has 0 saturated carbocycles. The van der Waals surface area contributed by atoms with Gasteiger partial charge in [0.2, 0.25) is 0 Å². The highest BCUT2D eigenvalue weighted by atomic mass is 19.4. The Labute approximate surface area is 97.6 Å². The van der Waals surface area contributed by atoms with Gasteiger partial charge in [0.15, 0.2) is 0 Å². The molecule has 17 heavy (non-hydrogen) atoms. The summed E-state index contributed by atoms with van der Waals surface area (Å²) in [7, 11) is 0. The van der Waals surface area contributed by atoms with Crippen molar-refractivity contribution in [3.8, 4) is 0 Å². The van der Waals surface area contributed by atoms with Gasteiger partial charge in [-0.05, 0) is 24.1 Å². The van der Waals surface area contributed by atoms with Gasteiger partial charge in [-0.15, -0.1) is 0 Å². The van der Waals surface area contributed by atoms with Gasteiger partial charge in [-0.3, -0.25) is 0 Å². The second kappa shape index (κ2) is 5.49. The van der Waals surface area contributed by atoms with E-state index in [0.717, 1.165) is 25.0 Å². The molecule has 1 aromatic rings. The topological polar surface area (TPSA) is 26.0 Å². The van der Waals surface area contributed by atoms with Crippen LogP contribution in [0.1, 0.15) is 43.4 Å². The van der Waals surface area contributed by atoms with E-state index in [1.807, 2.05) is 6.92 Å². The minimum atomic E-state index is -4.68. The molecule has 2 N–H and O–H groups in total. The molecule has 0 spiro atoms. The van der Waals surface area contributed by atoms with E-state index >= 15 is 0 Å². The number of benzene rings is 1. The quantitative estimate of drug-likeness (QED) is 0.801. The van der Waals surface area contributed by atoms with Crippen LogP contribution >= 0.6 is 0 Å². The number of unbranched alkanes of at least 4 members (excludes halogenated alkanes) is 1. The zero-order chi connectivity index (χ0) is 13.1. The second-order valence-electron chi connectivity index (χ2n) is 3.99. The lowest BCUT2D eigenvalue weighted by atomic mass is 9.99. The Morgan fingerprint density at radius 1 is 1.29 bits per heavy atom. The van der Waals surface area contributed by atoms with Gasteiger partial charge in [-0.1, -0.05) is 25.8 Å². The van der Waals surface area contributed by atoms with Crippen LogP contribution < -0.4 is 5.73 Å². The van der Waals surface area contributed by atoms with Crippen molar-refractivity contribution in [3.63, 3.8) is 0 Å². The summed E-state index contributed by atoms with van der Waals surface area (Å²) < 4.78 is 50.4. The first-order chi connectivity index (χ1) is 7.86. The smallest absolute Gasteiger partial charge is 0.324 e. The average Bonchev–Trinajstić information content (AvgIpc) is 2.25. The molecule has 1 unspecified atom stereocenters. The summed E-state index contributed by atoms with van der Waals surface area (Å²) in [6.45, 7) is 1.97. The standard InChI is InChI=1S/C12H15F4N/c1-2-3-4-11(17)8-5-6-10(13)9(7-8)12(14,15)16/h5-7,11H,2-4,17H2,1H3. The van der Waals surface area contributed by atoms with E-state index in [2.05, 4.69) is 0 Å². The molecule has 0 aliphatic carbocycles. The van der Waals surface area contributed by atoms with Crippen molar-refractivity contribution in [3.05, 3.63) is 35.1 Å². The van der Waals surface area contributed by atoms with Gasteiger partial charge in [0.25, 0.3) is 0 Å². The first kappa shape index (κ1) is 14.0. The van der Waals surface area contributed by atoms with E-state index in [1.54, 1.807) is 0 Å². The van der Waals surface area contributed by atoms with Gasteiger partial charge in [0.1, 0.15) is 5.82 Å². The van der Waals surface area contributed by atoms with Gasteiger partial charge in [-0.2, -0.15) is 13.2 Å². The number of hydrogen-bond donors (Lipinski definition) is 1. The summed E-state index contributed by atoms with van der Waals surface area (Å²) in [5, 5.41) is 0. The molecular formula is C12H15F4N. The second-order valence-corrected chi connectivity index (χ2v) is 3.99. The molecule has 0 aliphatic heterocycles. The molecule has 1 aromatic carbocycles. The van der Waals surface area contributed by atoms with Crippen molar-refractivity contribution in [2.75, 3.05) is 0 Å². The highest BCUT2D eigenvalue weighted by Gasteiger charge is 2.34. The summed E-state index contributed by atoms with van der Waals surface area (Å²) in [5.41, 5.74) is 4.83. The number of rotatable bonds is 4. The van der Waals surface area contributed by atoms with Gasteiger partial charge in [-0.25, -0.2) is 4.39 Å². The largest absolute Gasteiger partial charge is 0.419 e. The van der Waals surface area contributed by atoms with Crippen molar-refractivity contribution in [1.29, 1.82) is 0 Å². The number of nitrogens with two attached hydrogens (primary N) is 1. The maximum Gasteiger partial charge on any atom is 0.419 e. The molecule has 5 heteroatoms. The first-order valence-electron chi connectivity index (χ1n) is 5.48. The third-order valence-electron chi connectivity index (χ3n) is 2.59. The molecule has 0 aliphatic rings. The summed E-state index contributed by atoms with van der Waals surface area (Å²) in [6, 6.07) is 2.46. The van der Waals surface area contributed by atoms with E-state index in [4.69, 9.17) is 5.73 Å². The van der Waals surface area contributed by atoms with Crippen LogP contribution in [0, 0.1) is 5.82 Å². The van der Waals surface area contributed by atoms with Crippen molar-refractivity contribution in [2.45, 2.75) is 38.4 Å². The van der Waals surface area contributed by atoms with Crippen LogP contribution in [0.5, 0.6) is 0 Å². The van der Waals surface area contributed by atoms with Crippen molar-refractivity contribution < 1.29 is 17.6 Å². The first-order valence-corrected chi connectivity index (χ1v) is 5.48. The lowest BCUT2D eigenvalue weighted by molar-refractivity contribution is -0.140. The predicted molar refractivity (Wildman–Crippen MR) is 57.9 cm³/mol. The lowest BCUT2D eigenvalue weighted by Crippen LogP contribution is -2.14. The van der Waals surface area contributed by atoms with Crippen molar-refractivity contribution >= 4 is 0 Å².